The monoisotopic (exact) mass is 890 g/mol. The van der Waals surface area contributed by atoms with Crippen LogP contribution in [0.4, 0.5) is 0 Å². The van der Waals surface area contributed by atoms with Gasteiger partial charge in [-0.3, -0.25) is 18.6 Å². The molecule has 0 aromatic carbocycles. The third kappa shape index (κ3) is 48.5. The van der Waals surface area contributed by atoms with Gasteiger partial charge in [-0.05, 0) is 103 Å². The highest BCUT2D eigenvalue weighted by atomic mass is 31.2. The van der Waals surface area contributed by atoms with Crippen molar-refractivity contribution in [3.8, 4) is 0 Å². The van der Waals surface area contributed by atoms with Gasteiger partial charge in [0.15, 0.2) is 0 Å². The van der Waals surface area contributed by atoms with E-state index >= 15 is 0 Å². The summed E-state index contributed by atoms with van der Waals surface area (Å²) in [5.41, 5.74) is 0. The Hall–Kier alpha value is -4.37. The van der Waals surface area contributed by atoms with Gasteiger partial charge in [0.05, 0.1) is 13.2 Å². The summed E-state index contributed by atoms with van der Waals surface area (Å²) in [5, 5.41) is 12.7. The molecule has 0 radical (unpaired) electrons. The summed E-state index contributed by atoms with van der Waals surface area (Å²) in [5.74, 6) is -0.680. The van der Waals surface area contributed by atoms with Gasteiger partial charge in [-0.15, -0.1) is 0 Å². The number of phosphoric acid groups is 1. The Labute approximate surface area is 381 Å². The predicted octanol–water partition coefficient (Wildman–Crippen LogP) is 13.4. The highest BCUT2D eigenvalue weighted by Gasteiger charge is 2.23. The lowest BCUT2D eigenvalue weighted by Crippen LogP contribution is -2.27. The minimum atomic E-state index is -4.47. The zero-order chi connectivity index (χ0) is 46.0. The molecule has 0 heterocycles. The van der Waals surface area contributed by atoms with Crippen LogP contribution in [0.15, 0.2) is 158 Å². The molecule has 0 saturated heterocycles. The largest absolute Gasteiger partial charge is 0.472 e. The van der Waals surface area contributed by atoms with E-state index < -0.39 is 26.5 Å². The molecule has 63 heavy (non-hydrogen) atoms. The van der Waals surface area contributed by atoms with Crippen molar-refractivity contribution in [1.82, 2.24) is 5.32 Å². The average Bonchev–Trinajstić information content (AvgIpc) is 3.27. The Morgan fingerprint density at radius 1 is 0.492 bits per heavy atom. The first-order valence-electron chi connectivity index (χ1n) is 23.0. The number of allylic oxidation sites excluding steroid dienone is 26. The number of nitrogens with one attached hydrogen (secondary N) is 1. The van der Waals surface area contributed by atoms with Crippen molar-refractivity contribution in [1.29, 1.82) is 0 Å². The summed E-state index contributed by atoms with van der Waals surface area (Å²) in [4.78, 5) is 33.9. The molecule has 0 aliphatic carbocycles. The number of aliphatic hydroxyl groups is 1. The number of rotatable bonds is 40. The van der Waals surface area contributed by atoms with Gasteiger partial charge in [0.25, 0.3) is 0 Å². The number of phosphoric ester groups is 1. The molecule has 0 aromatic heterocycles. The predicted molar refractivity (Wildman–Crippen MR) is 265 cm³/mol. The number of aliphatic hydroxyl groups excluding tert-OH is 1. The third-order valence-corrected chi connectivity index (χ3v) is 9.45. The van der Waals surface area contributed by atoms with Crippen molar-refractivity contribution >= 4 is 19.7 Å². The van der Waals surface area contributed by atoms with Gasteiger partial charge in [0.1, 0.15) is 12.7 Å². The SMILES string of the molecule is CC/C=C\C/C=C\C/C=C\C/C=C\C/C=C\C/C=C\C/C=C\CCCC(=O)NCCOP(=O)(O)OCC(O)COC(=O)CC/C=C\C/C=C\C/C=C\C/C=C\C/C=C\C/C=C\CC. The lowest BCUT2D eigenvalue weighted by atomic mass is 10.2. The number of ether oxygens (including phenoxy) is 1. The minimum absolute atomic E-state index is 0.0300. The first-order chi connectivity index (χ1) is 30.8. The van der Waals surface area contributed by atoms with Crippen molar-refractivity contribution in [3.63, 3.8) is 0 Å². The van der Waals surface area contributed by atoms with E-state index in [0.29, 0.717) is 19.3 Å². The third-order valence-electron chi connectivity index (χ3n) is 8.47. The van der Waals surface area contributed by atoms with Crippen LogP contribution >= 0.6 is 7.82 Å². The number of unbranched alkanes of at least 4 members (excludes halogenated alkanes) is 1. The molecular formula is C53H80NO8P. The molecule has 2 atom stereocenters. The summed E-state index contributed by atoms with van der Waals surface area (Å²) >= 11 is 0. The van der Waals surface area contributed by atoms with E-state index in [1.807, 2.05) is 12.2 Å². The van der Waals surface area contributed by atoms with Gasteiger partial charge in [-0.1, -0.05) is 172 Å². The van der Waals surface area contributed by atoms with Gasteiger partial charge in [-0.2, -0.15) is 0 Å². The Balaban J connectivity index is 3.83. The summed E-state index contributed by atoms with van der Waals surface area (Å²) in [6, 6.07) is 0. The topological polar surface area (TPSA) is 131 Å². The quantitative estimate of drug-likeness (QED) is 0.0240. The van der Waals surface area contributed by atoms with Crippen molar-refractivity contribution in [2.75, 3.05) is 26.4 Å². The average molecular weight is 890 g/mol. The molecule has 2 unspecified atom stereocenters. The number of esters is 1. The fraction of sp³-hybridized carbons (Fsp3) is 0.472. The fourth-order valence-corrected chi connectivity index (χ4v) is 5.86. The summed E-state index contributed by atoms with van der Waals surface area (Å²) < 4.78 is 26.8. The number of carbonyl (C=O) groups is 2. The second-order valence-corrected chi connectivity index (χ2v) is 15.7. The smallest absolute Gasteiger partial charge is 0.463 e. The molecule has 350 valence electrons. The van der Waals surface area contributed by atoms with Crippen LogP contribution in [-0.4, -0.2) is 54.3 Å². The second kappa shape index (κ2) is 47.1. The van der Waals surface area contributed by atoms with E-state index in [-0.39, 0.29) is 32.1 Å². The molecule has 0 rings (SSSR count). The van der Waals surface area contributed by atoms with E-state index in [1.54, 1.807) is 0 Å². The maximum absolute atomic E-state index is 12.1. The van der Waals surface area contributed by atoms with Crippen LogP contribution in [-0.2, 0) is 27.9 Å². The zero-order valence-electron chi connectivity index (χ0n) is 38.4. The molecule has 0 aromatic rings. The van der Waals surface area contributed by atoms with Crippen LogP contribution in [0.25, 0.3) is 0 Å². The van der Waals surface area contributed by atoms with E-state index in [4.69, 9.17) is 13.8 Å². The van der Waals surface area contributed by atoms with Crippen LogP contribution < -0.4 is 5.32 Å². The number of amides is 1. The molecule has 0 saturated carbocycles. The molecule has 0 fully saturated rings. The lowest BCUT2D eigenvalue weighted by Gasteiger charge is -2.15. The standard InChI is InChI=1S/C53H80NO8P/c1-3-5-7-9-11-13-15-17-19-21-23-24-25-26-28-29-31-33-35-37-39-41-43-45-52(56)54-47-48-61-63(58,59)62-50-51(55)49-60-53(57)46-44-42-40-38-36-34-32-30-27-22-20-18-16-14-12-10-8-6-4-2/h5-8,11-14,17-20,23-24,26-28,30-31,33-34,36-37,39-40,42,51,55H,3-4,9-10,15-16,21-22,25,29,32,35,38,41,43-50H2,1-2H3,(H,54,56)(H,58,59)/b7-5-,8-6-,13-11-,14-12-,19-17-,20-18-,24-23-,28-26-,30-27-,33-31-,36-34-,39-37-,42-40-. The Morgan fingerprint density at radius 2 is 0.841 bits per heavy atom. The molecule has 9 nitrogen and oxygen atoms in total. The van der Waals surface area contributed by atoms with E-state index in [1.165, 1.54) is 0 Å². The first kappa shape index (κ1) is 58.6. The summed E-state index contributed by atoms with van der Waals surface area (Å²) in [6.45, 7) is 3.12. The maximum atomic E-state index is 12.1. The number of hydrogen-bond acceptors (Lipinski definition) is 7. The lowest BCUT2D eigenvalue weighted by molar-refractivity contribution is -0.147. The molecule has 0 aliphatic heterocycles. The van der Waals surface area contributed by atoms with Crippen molar-refractivity contribution in [3.05, 3.63) is 158 Å². The minimum Gasteiger partial charge on any atom is -0.463 e. The van der Waals surface area contributed by atoms with Crippen molar-refractivity contribution < 1.29 is 37.9 Å². The highest BCUT2D eigenvalue weighted by molar-refractivity contribution is 7.47. The van der Waals surface area contributed by atoms with Gasteiger partial charge >= 0.3 is 13.8 Å². The molecule has 1 amide bonds. The zero-order valence-corrected chi connectivity index (χ0v) is 39.3. The number of hydrogen-bond donors (Lipinski definition) is 3. The van der Waals surface area contributed by atoms with Crippen LogP contribution in [0.2, 0.25) is 0 Å². The van der Waals surface area contributed by atoms with E-state index in [9.17, 15) is 24.2 Å². The van der Waals surface area contributed by atoms with Gasteiger partial charge < -0.3 is 20.1 Å². The fourth-order valence-electron chi connectivity index (χ4n) is 5.10. The van der Waals surface area contributed by atoms with Gasteiger partial charge in [0, 0.05) is 19.4 Å². The number of carbonyl (C=O) groups excluding carboxylic acids is 2. The van der Waals surface area contributed by atoms with Crippen LogP contribution in [0.5, 0.6) is 0 Å². The highest BCUT2D eigenvalue weighted by Crippen LogP contribution is 2.42. The van der Waals surface area contributed by atoms with E-state index in [2.05, 4.69) is 165 Å². The van der Waals surface area contributed by atoms with Gasteiger partial charge in [-0.25, -0.2) is 4.57 Å². The Kier molecular flexibility index (Phi) is 43.8. The van der Waals surface area contributed by atoms with E-state index in [0.717, 1.165) is 89.9 Å². The second-order valence-electron chi connectivity index (χ2n) is 14.3. The van der Waals surface area contributed by atoms with Gasteiger partial charge in [0.2, 0.25) is 5.91 Å². The van der Waals surface area contributed by atoms with Crippen molar-refractivity contribution in [2.24, 2.45) is 0 Å². The molecular weight excluding hydrogens is 810 g/mol. The molecule has 0 spiro atoms. The summed E-state index contributed by atoms with van der Waals surface area (Å²) in [7, 11) is -4.47. The molecule has 0 bridgehead atoms. The first-order valence-corrected chi connectivity index (χ1v) is 24.5. The molecule has 0 aliphatic rings. The van der Waals surface area contributed by atoms with Crippen molar-refractivity contribution in [2.45, 2.75) is 136 Å². The Morgan fingerprint density at radius 3 is 1.22 bits per heavy atom. The maximum Gasteiger partial charge on any atom is 0.472 e. The summed E-state index contributed by atoms with van der Waals surface area (Å²) in [6.07, 6.45) is 69.1. The molecule has 3 N–H and O–H groups in total. The normalized spacial score (nSPS) is 14.7. The van der Waals surface area contributed by atoms with Crippen LogP contribution in [0.1, 0.15) is 129 Å². The molecule has 10 heteroatoms. The van der Waals surface area contributed by atoms with Crippen LogP contribution in [0, 0.1) is 0 Å². The Bertz CT molecular complexity index is 1570. The van der Waals surface area contributed by atoms with Crippen LogP contribution in [0.3, 0.4) is 0 Å².